The van der Waals surface area contributed by atoms with Crippen LogP contribution in [0.15, 0.2) is 29.2 Å². The summed E-state index contributed by atoms with van der Waals surface area (Å²) in [6.07, 6.45) is 4.38. The molecule has 1 aromatic rings. The van der Waals surface area contributed by atoms with Crippen molar-refractivity contribution in [1.82, 2.24) is 5.32 Å². The van der Waals surface area contributed by atoms with Gasteiger partial charge in [0.15, 0.2) is 0 Å². The minimum absolute atomic E-state index is 0.0668. The van der Waals surface area contributed by atoms with E-state index in [0.29, 0.717) is 6.54 Å². The van der Waals surface area contributed by atoms with Crippen LogP contribution in [0.1, 0.15) is 25.3 Å². The summed E-state index contributed by atoms with van der Waals surface area (Å²) in [6, 6.07) is 8.02. The largest absolute Gasteiger partial charge is 0.354 e. The highest BCUT2D eigenvalue weighted by Crippen LogP contribution is 2.50. The zero-order chi connectivity index (χ0) is 13.2. The van der Waals surface area contributed by atoms with Crippen LogP contribution in [-0.4, -0.2) is 24.7 Å². The molecule has 0 heterocycles. The van der Waals surface area contributed by atoms with Crippen LogP contribution < -0.4 is 11.1 Å². The lowest BCUT2D eigenvalue weighted by Gasteiger charge is -2.20. The van der Waals surface area contributed by atoms with Crippen molar-refractivity contribution in [3.63, 3.8) is 0 Å². The van der Waals surface area contributed by atoms with Crippen LogP contribution in [0.4, 0.5) is 0 Å². The number of carbonyl (C=O) groups excluding carboxylic acids is 1. The minimum atomic E-state index is -0.434. The molecule has 0 bridgehead atoms. The van der Waals surface area contributed by atoms with E-state index in [9.17, 15) is 4.79 Å². The normalized spacial score (nSPS) is 18.2. The third kappa shape index (κ3) is 2.70. The minimum Gasteiger partial charge on any atom is -0.354 e. The quantitative estimate of drug-likeness (QED) is 0.799. The summed E-state index contributed by atoms with van der Waals surface area (Å²) in [5, 5.41) is 2.96. The molecular weight excluding hydrogens is 244 g/mol. The Hall–Kier alpha value is -1.00. The second-order valence-corrected chi connectivity index (χ2v) is 5.84. The highest BCUT2D eigenvalue weighted by Gasteiger charge is 2.45. The first kappa shape index (κ1) is 13.4. The van der Waals surface area contributed by atoms with Crippen molar-refractivity contribution in [2.75, 3.05) is 12.8 Å². The lowest BCUT2D eigenvalue weighted by Crippen LogP contribution is -2.41. The zero-order valence-corrected chi connectivity index (χ0v) is 11.7. The predicted octanol–water partition coefficient (Wildman–Crippen LogP) is 1.90. The van der Waals surface area contributed by atoms with Gasteiger partial charge in [-0.2, -0.15) is 0 Å². The van der Waals surface area contributed by atoms with E-state index in [1.165, 1.54) is 10.5 Å². The summed E-state index contributed by atoms with van der Waals surface area (Å²) in [6.45, 7) is 2.41. The molecule has 0 spiro atoms. The fourth-order valence-electron chi connectivity index (χ4n) is 2.19. The van der Waals surface area contributed by atoms with Gasteiger partial charge in [-0.3, -0.25) is 4.79 Å². The van der Waals surface area contributed by atoms with Crippen LogP contribution >= 0.6 is 11.8 Å². The van der Waals surface area contributed by atoms with Gasteiger partial charge < -0.3 is 11.1 Å². The first-order chi connectivity index (χ1) is 8.59. The molecule has 0 aromatic heterocycles. The average Bonchev–Trinajstić information content (AvgIpc) is 3.17. The summed E-state index contributed by atoms with van der Waals surface area (Å²) in [5.74, 6) is -0.0668. The van der Waals surface area contributed by atoms with Crippen molar-refractivity contribution in [2.45, 2.75) is 36.1 Å². The second kappa shape index (κ2) is 5.33. The Balaban J connectivity index is 2.10. The zero-order valence-electron chi connectivity index (χ0n) is 10.9. The van der Waals surface area contributed by atoms with Gasteiger partial charge in [0.25, 0.3) is 0 Å². The molecule has 0 radical (unpaired) electrons. The summed E-state index contributed by atoms with van der Waals surface area (Å²) in [5.41, 5.74) is 7.07. The van der Waals surface area contributed by atoms with Gasteiger partial charge in [-0.25, -0.2) is 0 Å². The first-order valence-electron chi connectivity index (χ1n) is 6.26. The van der Waals surface area contributed by atoms with Crippen LogP contribution in [0.25, 0.3) is 0 Å². The van der Waals surface area contributed by atoms with Crippen molar-refractivity contribution in [3.8, 4) is 0 Å². The average molecular weight is 264 g/mol. The molecule has 1 atom stereocenters. The Morgan fingerprint density at radius 2 is 2.17 bits per heavy atom. The van der Waals surface area contributed by atoms with Gasteiger partial charge in [-0.1, -0.05) is 18.2 Å². The number of nitrogens with two attached hydrogens (primary N) is 1. The number of thioether (sulfide) groups is 1. The monoisotopic (exact) mass is 264 g/mol. The molecule has 1 fully saturated rings. The number of carbonyl (C=O) groups is 1. The van der Waals surface area contributed by atoms with Crippen molar-refractivity contribution in [3.05, 3.63) is 29.8 Å². The van der Waals surface area contributed by atoms with Gasteiger partial charge in [0.1, 0.15) is 0 Å². The lowest BCUT2D eigenvalue weighted by atomic mass is 9.95. The van der Waals surface area contributed by atoms with Gasteiger partial charge in [0.2, 0.25) is 5.91 Å². The smallest absolute Gasteiger partial charge is 0.236 e. The van der Waals surface area contributed by atoms with Crippen LogP contribution in [-0.2, 0) is 10.2 Å². The molecule has 1 amide bonds. The molecule has 0 aliphatic heterocycles. The van der Waals surface area contributed by atoms with Gasteiger partial charge in [-0.15, -0.1) is 11.8 Å². The Kier molecular flexibility index (Phi) is 3.97. The third-order valence-electron chi connectivity index (χ3n) is 3.55. The first-order valence-corrected chi connectivity index (χ1v) is 7.48. The van der Waals surface area contributed by atoms with Crippen LogP contribution in [0, 0.1) is 0 Å². The SMILES string of the molecule is CSc1ccccc1C1(CNC(=O)C(C)N)CC1. The highest BCUT2D eigenvalue weighted by atomic mass is 32.2. The molecule has 3 N–H and O–H groups in total. The highest BCUT2D eigenvalue weighted by molar-refractivity contribution is 7.98. The van der Waals surface area contributed by atoms with E-state index in [-0.39, 0.29) is 11.3 Å². The third-order valence-corrected chi connectivity index (χ3v) is 4.34. The summed E-state index contributed by atoms with van der Waals surface area (Å²) >= 11 is 1.77. The van der Waals surface area contributed by atoms with Crippen LogP contribution in [0.5, 0.6) is 0 Å². The van der Waals surface area contributed by atoms with E-state index in [1.54, 1.807) is 18.7 Å². The maximum Gasteiger partial charge on any atom is 0.236 e. The van der Waals surface area contributed by atoms with E-state index in [0.717, 1.165) is 12.8 Å². The summed E-state index contributed by atoms with van der Waals surface area (Å²) in [4.78, 5) is 12.9. The summed E-state index contributed by atoms with van der Waals surface area (Å²) < 4.78 is 0. The van der Waals surface area contributed by atoms with E-state index in [4.69, 9.17) is 5.73 Å². The van der Waals surface area contributed by atoms with Crippen molar-refractivity contribution >= 4 is 17.7 Å². The maximum absolute atomic E-state index is 11.6. The van der Waals surface area contributed by atoms with Gasteiger partial charge in [0.05, 0.1) is 6.04 Å². The topological polar surface area (TPSA) is 55.1 Å². The summed E-state index contributed by atoms with van der Waals surface area (Å²) in [7, 11) is 0. The molecular formula is C14H20N2OS. The van der Waals surface area contributed by atoms with E-state index < -0.39 is 6.04 Å². The molecule has 18 heavy (non-hydrogen) atoms. The number of hydrogen-bond acceptors (Lipinski definition) is 3. The van der Waals surface area contributed by atoms with Crippen LogP contribution in [0.2, 0.25) is 0 Å². The molecule has 3 nitrogen and oxygen atoms in total. The molecule has 4 heteroatoms. The molecule has 1 aliphatic rings. The fraction of sp³-hybridized carbons (Fsp3) is 0.500. The number of rotatable bonds is 5. The van der Waals surface area contributed by atoms with E-state index >= 15 is 0 Å². The molecule has 2 rings (SSSR count). The molecule has 1 aromatic carbocycles. The van der Waals surface area contributed by atoms with E-state index in [1.807, 2.05) is 0 Å². The molecule has 98 valence electrons. The van der Waals surface area contributed by atoms with Crippen molar-refractivity contribution in [1.29, 1.82) is 0 Å². The predicted molar refractivity (Wildman–Crippen MR) is 75.8 cm³/mol. The van der Waals surface area contributed by atoms with E-state index in [2.05, 4.69) is 35.8 Å². The van der Waals surface area contributed by atoms with Crippen LogP contribution in [0.3, 0.4) is 0 Å². The standard InChI is InChI=1S/C14H20N2OS/c1-10(15)13(17)16-9-14(7-8-14)11-5-3-4-6-12(11)18-2/h3-6,10H,7-9,15H2,1-2H3,(H,16,17). The van der Waals surface area contributed by atoms with Crippen molar-refractivity contribution < 1.29 is 4.79 Å². The lowest BCUT2D eigenvalue weighted by molar-refractivity contribution is -0.122. The number of nitrogens with one attached hydrogen (secondary N) is 1. The molecule has 1 saturated carbocycles. The molecule has 0 saturated heterocycles. The maximum atomic E-state index is 11.6. The number of amides is 1. The van der Waals surface area contributed by atoms with Gasteiger partial charge in [0, 0.05) is 16.9 Å². The van der Waals surface area contributed by atoms with Gasteiger partial charge >= 0.3 is 0 Å². The Labute approximate surface area is 113 Å². The number of benzene rings is 1. The van der Waals surface area contributed by atoms with Crippen molar-refractivity contribution in [2.24, 2.45) is 5.73 Å². The number of hydrogen-bond donors (Lipinski definition) is 2. The Bertz CT molecular complexity index is 441. The second-order valence-electron chi connectivity index (χ2n) is 4.99. The molecule has 1 unspecified atom stereocenters. The molecule has 1 aliphatic carbocycles. The Morgan fingerprint density at radius 3 is 2.72 bits per heavy atom. The Morgan fingerprint density at radius 1 is 1.50 bits per heavy atom. The van der Waals surface area contributed by atoms with Gasteiger partial charge in [-0.05, 0) is 37.7 Å². The fourth-order valence-corrected chi connectivity index (χ4v) is 2.91.